The lowest BCUT2D eigenvalue weighted by Crippen LogP contribution is -2.48. The molecule has 1 nitrogen and oxygen atoms in total. The Morgan fingerprint density at radius 3 is 2.52 bits per heavy atom. The summed E-state index contributed by atoms with van der Waals surface area (Å²) >= 11 is 0. The van der Waals surface area contributed by atoms with Crippen molar-refractivity contribution in [3.05, 3.63) is 22.8 Å². The molecule has 0 spiro atoms. The van der Waals surface area contributed by atoms with Crippen LogP contribution in [0.4, 0.5) is 0 Å². The first-order valence-corrected chi connectivity index (χ1v) is 12.8. The molecule has 0 aromatic heterocycles. The molecule has 1 fully saturated rings. The van der Waals surface area contributed by atoms with Gasteiger partial charge >= 0.3 is 0 Å². The number of fused-ring (bicyclic) bond motifs is 4. The van der Waals surface area contributed by atoms with Crippen molar-refractivity contribution in [1.29, 1.82) is 0 Å². The molecule has 164 valence electrons. The van der Waals surface area contributed by atoms with Crippen molar-refractivity contribution >= 4 is 0 Å². The monoisotopic (exact) mass is 398 g/mol. The zero-order chi connectivity index (χ0) is 21.0. The molecule has 0 aromatic rings. The molecule has 0 saturated heterocycles. The van der Waals surface area contributed by atoms with Gasteiger partial charge in [0.2, 0.25) is 0 Å². The molecule has 0 amide bonds. The molecule has 4 rings (SSSR count). The lowest BCUT2D eigenvalue weighted by atomic mass is 9.49. The molecule has 7 atom stereocenters. The molecule has 0 bridgehead atoms. The molecular formula is C28H46O. The molecule has 1 N–H and O–H groups in total. The van der Waals surface area contributed by atoms with Crippen LogP contribution in [0.5, 0.6) is 0 Å². The maximum Gasteiger partial charge on any atom is 0.0569 e. The zero-order valence-electron chi connectivity index (χ0n) is 20.1. The van der Waals surface area contributed by atoms with Gasteiger partial charge in [0.1, 0.15) is 0 Å². The van der Waals surface area contributed by atoms with Crippen LogP contribution in [0, 0.1) is 40.4 Å². The second-order valence-electron chi connectivity index (χ2n) is 12.2. The van der Waals surface area contributed by atoms with Crippen LogP contribution in [0.3, 0.4) is 0 Å². The summed E-state index contributed by atoms with van der Waals surface area (Å²) in [6.45, 7) is 14.7. The molecule has 0 heterocycles. The van der Waals surface area contributed by atoms with Crippen molar-refractivity contribution in [2.45, 2.75) is 112 Å². The predicted octanol–water partition coefficient (Wildman–Crippen LogP) is 7.70. The molecular weight excluding hydrogens is 352 g/mol. The van der Waals surface area contributed by atoms with Gasteiger partial charge in [-0.3, -0.25) is 0 Å². The highest BCUT2D eigenvalue weighted by molar-refractivity contribution is 5.49. The van der Waals surface area contributed by atoms with Gasteiger partial charge in [-0.25, -0.2) is 0 Å². The minimum Gasteiger partial charge on any atom is -0.393 e. The van der Waals surface area contributed by atoms with Crippen LogP contribution in [-0.4, -0.2) is 11.2 Å². The van der Waals surface area contributed by atoms with Crippen molar-refractivity contribution in [2.75, 3.05) is 0 Å². The normalized spacial score (nSPS) is 43.0. The van der Waals surface area contributed by atoms with Gasteiger partial charge in [-0.2, -0.15) is 0 Å². The van der Waals surface area contributed by atoms with E-state index in [1.165, 1.54) is 57.8 Å². The molecule has 29 heavy (non-hydrogen) atoms. The first kappa shape index (κ1) is 21.7. The number of allylic oxidation sites excluding steroid dienone is 4. The topological polar surface area (TPSA) is 20.2 Å². The summed E-state index contributed by atoms with van der Waals surface area (Å²) in [5.41, 5.74) is 6.11. The standard InChI is InChI=1S/C28H46O/c1-18(2)8-7-9-19(3)22-12-13-24-21-10-11-23-20(4)26(29)15-17-28(23,6)25(21)14-16-27(22,24)5/h13,18-20,22-23,26,29H,7-12,14-17H2,1-6H3/t19-,20+,22-,23?,26+,27-,28+/m1/s1. The summed E-state index contributed by atoms with van der Waals surface area (Å²) in [5, 5.41) is 10.5. The van der Waals surface area contributed by atoms with Crippen LogP contribution in [0.15, 0.2) is 22.8 Å². The lowest BCUT2D eigenvalue weighted by Gasteiger charge is -2.55. The molecule has 1 saturated carbocycles. The Labute approximate surface area is 180 Å². The minimum absolute atomic E-state index is 0.0779. The molecule has 0 aliphatic heterocycles. The summed E-state index contributed by atoms with van der Waals surface area (Å²) < 4.78 is 0. The third-order valence-electron chi connectivity index (χ3n) is 10.1. The maximum absolute atomic E-state index is 10.5. The SMILES string of the molecule is CC(C)CCC[C@@H](C)[C@H]1CC=C2C3=C(CC[C@@]21C)[C@@]1(C)CC[C@H](O)[C@@H](C)C1CC3. The van der Waals surface area contributed by atoms with E-state index in [-0.39, 0.29) is 6.10 Å². The van der Waals surface area contributed by atoms with Gasteiger partial charge in [0.15, 0.2) is 0 Å². The Morgan fingerprint density at radius 2 is 1.79 bits per heavy atom. The van der Waals surface area contributed by atoms with Crippen molar-refractivity contribution < 1.29 is 5.11 Å². The number of aliphatic hydroxyl groups is 1. The van der Waals surface area contributed by atoms with Gasteiger partial charge in [-0.05, 0) is 96.5 Å². The summed E-state index contributed by atoms with van der Waals surface area (Å²) in [6, 6.07) is 0. The fraction of sp³-hybridized carbons (Fsp3) is 0.857. The number of hydrogen-bond donors (Lipinski definition) is 1. The second kappa shape index (κ2) is 7.85. The van der Waals surface area contributed by atoms with Crippen LogP contribution in [0.2, 0.25) is 0 Å². The Balaban J connectivity index is 1.56. The smallest absolute Gasteiger partial charge is 0.0569 e. The first-order valence-electron chi connectivity index (χ1n) is 12.8. The Bertz CT molecular complexity index is 684. The van der Waals surface area contributed by atoms with Gasteiger partial charge in [-0.1, -0.05) is 72.5 Å². The number of aliphatic hydroxyl groups excluding tert-OH is 1. The maximum atomic E-state index is 10.5. The molecule has 4 aliphatic rings. The number of hydrogen-bond acceptors (Lipinski definition) is 1. The molecule has 0 radical (unpaired) electrons. The zero-order valence-corrected chi connectivity index (χ0v) is 20.1. The summed E-state index contributed by atoms with van der Waals surface area (Å²) in [4.78, 5) is 0. The largest absolute Gasteiger partial charge is 0.393 e. The average molecular weight is 399 g/mol. The van der Waals surface area contributed by atoms with Crippen LogP contribution >= 0.6 is 0 Å². The summed E-state index contributed by atoms with van der Waals surface area (Å²) in [5.74, 6) is 3.66. The Hall–Kier alpha value is -0.560. The quantitative estimate of drug-likeness (QED) is 0.503. The van der Waals surface area contributed by atoms with Crippen LogP contribution in [0.25, 0.3) is 0 Å². The minimum atomic E-state index is -0.0779. The second-order valence-corrected chi connectivity index (χ2v) is 12.2. The van der Waals surface area contributed by atoms with Crippen LogP contribution in [-0.2, 0) is 0 Å². The van der Waals surface area contributed by atoms with Crippen LogP contribution < -0.4 is 0 Å². The van der Waals surface area contributed by atoms with E-state index in [4.69, 9.17) is 0 Å². The van der Waals surface area contributed by atoms with E-state index in [1.54, 1.807) is 11.1 Å². The van der Waals surface area contributed by atoms with E-state index in [9.17, 15) is 5.11 Å². The Morgan fingerprint density at radius 1 is 1.03 bits per heavy atom. The van der Waals surface area contributed by atoms with Gasteiger partial charge in [0.05, 0.1) is 6.10 Å². The van der Waals surface area contributed by atoms with E-state index in [0.717, 1.165) is 24.2 Å². The van der Waals surface area contributed by atoms with Crippen molar-refractivity contribution in [1.82, 2.24) is 0 Å². The molecule has 1 heteroatoms. The third kappa shape index (κ3) is 3.48. The summed E-state index contributed by atoms with van der Waals surface area (Å²) in [6.07, 6.45) is 15.5. The van der Waals surface area contributed by atoms with Gasteiger partial charge in [0, 0.05) is 0 Å². The highest BCUT2D eigenvalue weighted by Gasteiger charge is 2.54. The van der Waals surface area contributed by atoms with Crippen molar-refractivity contribution in [3.8, 4) is 0 Å². The van der Waals surface area contributed by atoms with E-state index in [2.05, 4.69) is 47.6 Å². The third-order valence-corrected chi connectivity index (χ3v) is 10.1. The Kier molecular flexibility index (Phi) is 5.86. The predicted molar refractivity (Wildman–Crippen MR) is 124 cm³/mol. The average Bonchev–Trinajstić information content (AvgIpc) is 3.02. The molecule has 1 unspecified atom stereocenters. The molecule has 4 aliphatic carbocycles. The van der Waals surface area contributed by atoms with Gasteiger partial charge in [0.25, 0.3) is 0 Å². The summed E-state index contributed by atoms with van der Waals surface area (Å²) in [7, 11) is 0. The fourth-order valence-electron chi connectivity index (χ4n) is 8.25. The van der Waals surface area contributed by atoms with E-state index >= 15 is 0 Å². The molecule has 0 aromatic carbocycles. The van der Waals surface area contributed by atoms with E-state index < -0.39 is 0 Å². The highest BCUT2D eigenvalue weighted by Crippen LogP contribution is 2.64. The van der Waals surface area contributed by atoms with Gasteiger partial charge < -0.3 is 5.11 Å². The fourth-order valence-corrected chi connectivity index (χ4v) is 8.25. The van der Waals surface area contributed by atoms with Crippen molar-refractivity contribution in [2.24, 2.45) is 40.4 Å². The van der Waals surface area contributed by atoms with Crippen molar-refractivity contribution in [3.63, 3.8) is 0 Å². The van der Waals surface area contributed by atoms with E-state index in [0.29, 0.717) is 22.7 Å². The first-order chi connectivity index (χ1) is 13.7. The van der Waals surface area contributed by atoms with Gasteiger partial charge in [-0.15, -0.1) is 0 Å². The van der Waals surface area contributed by atoms with E-state index in [1.807, 2.05) is 5.57 Å². The lowest BCUT2D eigenvalue weighted by molar-refractivity contribution is -0.0287. The number of rotatable bonds is 5. The van der Waals surface area contributed by atoms with Crippen LogP contribution in [0.1, 0.15) is 106 Å². The highest BCUT2D eigenvalue weighted by atomic mass is 16.3.